The van der Waals surface area contributed by atoms with Crippen LogP contribution in [0.25, 0.3) is 0 Å². The van der Waals surface area contributed by atoms with Crippen LogP contribution in [0.1, 0.15) is 38.5 Å². The Hall–Kier alpha value is -0.0800. The molecule has 0 heterocycles. The maximum Gasteiger partial charge on any atom is 0.00965 e. The van der Waals surface area contributed by atoms with Gasteiger partial charge >= 0.3 is 0 Å². The van der Waals surface area contributed by atoms with Crippen LogP contribution in [0.5, 0.6) is 0 Å². The Labute approximate surface area is 88.1 Å². The van der Waals surface area contributed by atoms with Crippen molar-refractivity contribution in [1.29, 1.82) is 0 Å². The van der Waals surface area contributed by atoms with E-state index in [1.807, 2.05) is 7.05 Å². The molecule has 2 heteroatoms. The molecule has 0 aromatic rings. The van der Waals surface area contributed by atoms with Crippen molar-refractivity contribution in [2.45, 2.75) is 44.6 Å². The highest BCUT2D eigenvalue weighted by Gasteiger charge is 2.32. The summed E-state index contributed by atoms with van der Waals surface area (Å²) in [6.07, 6.45) is 8.66. The van der Waals surface area contributed by atoms with Crippen LogP contribution in [0.2, 0.25) is 0 Å². The van der Waals surface area contributed by atoms with E-state index in [4.69, 9.17) is 0 Å². The second-order valence-corrected chi connectivity index (χ2v) is 4.98. The highest BCUT2D eigenvalue weighted by atomic mass is 15.2. The molecule has 2 aliphatic rings. The molecule has 0 radical (unpaired) electrons. The molecule has 0 aromatic heterocycles. The van der Waals surface area contributed by atoms with E-state index in [9.17, 15) is 0 Å². The van der Waals surface area contributed by atoms with Crippen LogP contribution in [0.15, 0.2) is 0 Å². The predicted molar refractivity (Wildman–Crippen MR) is 60.5 cm³/mol. The first kappa shape index (κ1) is 10.4. The fraction of sp³-hybridized carbons (Fsp3) is 1.00. The van der Waals surface area contributed by atoms with Crippen molar-refractivity contribution < 1.29 is 0 Å². The van der Waals surface area contributed by atoms with Gasteiger partial charge in [0.2, 0.25) is 0 Å². The number of rotatable bonds is 8. The highest BCUT2D eigenvalue weighted by Crippen LogP contribution is 2.34. The van der Waals surface area contributed by atoms with Gasteiger partial charge in [-0.3, -0.25) is 0 Å². The van der Waals surface area contributed by atoms with Crippen LogP contribution in [-0.2, 0) is 0 Å². The van der Waals surface area contributed by atoms with Crippen molar-refractivity contribution in [2.75, 3.05) is 26.7 Å². The second kappa shape index (κ2) is 5.13. The standard InChI is InChI=1S/C12H24N2/c1-13-8-2-3-9-14(12-6-7-12)10-11-4-5-11/h11-13H,2-10H2,1H3. The zero-order valence-electron chi connectivity index (χ0n) is 9.47. The summed E-state index contributed by atoms with van der Waals surface area (Å²) >= 11 is 0. The number of hydrogen-bond donors (Lipinski definition) is 1. The lowest BCUT2D eigenvalue weighted by atomic mass is 10.2. The van der Waals surface area contributed by atoms with Gasteiger partial charge in [-0.05, 0) is 64.6 Å². The molecule has 0 unspecified atom stereocenters. The first-order valence-corrected chi connectivity index (χ1v) is 6.29. The van der Waals surface area contributed by atoms with Gasteiger partial charge in [-0.1, -0.05) is 0 Å². The zero-order valence-corrected chi connectivity index (χ0v) is 9.47. The monoisotopic (exact) mass is 196 g/mol. The summed E-state index contributed by atoms with van der Waals surface area (Å²) in [5.74, 6) is 1.07. The topological polar surface area (TPSA) is 15.3 Å². The molecule has 0 amide bonds. The smallest absolute Gasteiger partial charge is 0.00965 e. The molecule has 2 aliphatic carbocycles. The average Bonchev–Trinajstić information content (AvgIpc) is 3.02. The third-order valence-corrected chi connectivity index (χ3v) is 3.38. The number of nitrogens with one attached hydrogen (secondary N) is 1. The minimum absolute atomic E-state index is 0.977. The minimum Gasteiger partial charge on any atom is -0.320 e. The van der Waals surface area contributed by atoms with E-state index >= 15 is 0 Å². The Kier molecular flexibility index (Phi) is 3.82. The fourth-order valence-corrected chi connectivity index (χ4v) is 2.11. The van der Waals surface area contributed by atoms with Gasteiger partial charge in [0.05, 0.1) is 0 Å². The number of nitrogens with zero attached hydrogens (tertiary/aromatic N) is 1. The first-order valence-electron chi connectivity index (χ1n) is 6.29. The summed E-state index contributed by atoms with van der Waals surface area (Å²) in [5, 5.41) is 3.22. The van der Waals surface area contributed by atoms with Crippen molar-refractivity contribution in [1.82, 2.24) is 10.2 Å². The summed E-state index contributed by atoms with van der Waals surface area (Å²) in [6.45, 7) is 3.94. The Bertz CT molecular complexity index is 162. The van der Waals surface area contributed by atoms with Crippen molar-refractivity contribution >= 4 is 0 Å². The highest BCUT2D eigenvalue weighted by molar-refractivity contribution is 4.88. The first-order chi connectivity index (χ1) is 6.90. The molecule has 0 bridgehead atoms. The second-order valence-electron chi connectivity index (χ2n) is 4.98. The predicted octanol–water partition coefficient (Wildman–Crippen LogP) is 1.86. The van der Waals surface area contributed by atoms with Gasteiger partial charge in [0.1, 0.15) is 0 Å². The summed E-state index contributed by atoms with van der Waals surface area (Å²) in [6, 6.07) is 0.977. The van der Waals surface area contributed by atoms with E-state index in [2.05, 4.69) is 10.2 Å². The maximum atomic E-state index is 3.22. The van der Waals surface area contributed by atoms with Crippen LogP contribution in [0.3, 0.4) is 0 Å². The van der Waals surface area contributed by atoms with Crippen LogP contribution in [0, 0.1) is 5.92 Å². The van der Waals surface area contributed by atoms with Gasteiger partial charge < -0.3 is 10.2 Å². The minimum atomic E-state index is 0.977. The van der Waals surface area contributed by atoms with E-state index < -0.39 is 0 Å². The quantitative estimate of drug-likeness (QED) is 0.596. The Morgan fingerprint density at radius 1 is 1.14 bits per heavy atom. The SMILES string of the molecule is CNCCCCN(CC1CC1)C1CC1. The molecule has 0 spiro atoms. The van der Waals surface area contributed by atoms with Gasteiger partial charge in [-0.2, -0.15) is 0 Å². The van der Waals surface area contributed by atoms with E-state index in [-0.39, 0.29) is 0 Å². The molecule has 82 valence electrons. The maximum absolute atomic E-state index is 3.22. The molecule has 1 N–H and O–H groups in total. The van der Waals surface area contributed by atoms with Crippen LogP contribution in [0.4, 0.5) is 0 Å². The molecule has 2 rings (SSSR count). The molecule has 0 atom stereocenters. The third kappa shape index (κ3) is 3.58. The van der Waals surface area contributed by atoms with Crippen molar-refractivity contribution in [2.24, 2.45) is 5.92 Å². The summed E-state index contributed by atoms with van der Waals surface area (Å²) in [7, 11) is 2.04. The van der Waals surface area contributed by atoms with Crippen molar-refractivity contribution in [3.8, 4) is 0 Å². The van der Waals surface area contributed by atoms with Gasteiger partial charge in [-0.15, -0.1) is 0 Å². The lowest BCUT2D eigenvalue weighted by Crippen LogP contribution is -2.29. The van der Waals surface area contributed by atoms with E-state index in [0.717, 1.165) is 12.0 Å². The van der Waals surface area contributed by atoms with Gasteiger partial charge in [0, 0.05) is 12.6 Å². The van der Waals surface area contributed by atoms with Gasteiger partial charge in [0.15, 0.2) is 0 Å². The zero-order chi connectivity index (χ0) is 9.80. The molecule has 0 aromatic carbocycles. The lowest BCUT2D eigenvalue weighted by molar-refractivity contribution is 0.247. The summed E-state index contributed by atoms with van der Waals surface area (Å²) < 4.78 is 0. The molecule has 0 aliphatic heterocycles. The van der Waals surface area contributed by atoms with Gasteiger partial charge in [0.25, 0.3) is 0 Å². The molecule has 2 fully saturated rings. The largest absolute Gasteiger partial charge is 0.320 e. The molecule has 14 heavy (non-hydrogen) atoms. The number of unbranched alkanes of at least 4 members (excludes halogenated alkanes) is 1. The van der Waals surface area contributed by atoms with Crippen LogP contribution < -0.4 is 5.32 Å². The van der Waals surface area contributed by atoms with Crippen LogP contribution >= 0.6 is 0 Å². The van der Waals surface area contributed by atoms with E-state index in [1.54, 1.807) is 0 Å². The molecule has 0 saturated heterocycles. The lowest BCUT2D eigenvalue weighted by Gasteiger charge is -2.21. The Morgan fingerprint density at radius 3 is 2.50 bits per heavy atom. The summed E-state index contributed by atoms with van der Waals surface area (Å²) in [5.41, 5.74) is 0. The average molecular weight is 196 g/mol. The third-order valence-electron chi connectivity index (χ3n) is 3.38. The van der Waals surface area contributed by atoms with Crippen molar-refractivity contribution in [3.63, 3.8) is 0 Å². The molecule has 2 nitrogen and oxygen atoms in total. The van der Waals surface area contributed by atoms with E-state index in [1.165, 1.54) is 58.2 Å². The Balaban J connectivity index is 1.57. The molecule has 2 saturated carbocycles. The molecular formula is C12H24N2. The number of hydrogen-bond acceptors (Lipinski definition) is 2. The van der Waals surface area contributed by atoms with Crippen LogP contribution in [-0.4, -0.2) is 37.6 Å². The Morgan fingerprint density at radius 2 is 1.93 bits per heavy atom. The van der Waals surface area contributed by atoms with E-state index in [0.29, 0.717) is 0 Å². The van der Waals surface area contributed by atoms with Crippen molar-refractivity contribution in [3.05, 3.63) is 0 Å². The fourth-order valence-electron chi connectivity index (χ4n) is 2.11. The normalized spacial score (nSPS) is 21.9. The molecular weight excluding hydrogens is 172 g/mol. The van der Waals surface area contributed by atoms with Gasteiger partial charge in [-0.25, -0.2) is 0 Å². The summed E-state index contributed by atoms with van der Waals surface area (Å²) in [4.78, 5) is 2.76.